The second kappa shape index (κ2) is 11.6. The van der Waals surface area contributed by atoms with Crippen molar-refractivity contribution in [1.29, 1.82) is 0 Å². The van der Waals surface area contributed by atoms with Gasteiger partial charge in [0.25, 0.3) is 0 Å². The minimum Gasteiger partial charge on any atom is -0.493 e. The molecular weight excluding hydrogens is 394 g/mol. The number of hydrogen-bond acceptors (Lipinski definition) is 3. The molecule has 0 aliphatic rings. The second-order valence-corrected chi connectivity index (χ2v) is 7.65. The molecule has 4 aromatic rings. The fourth-order valence-corrected chi connectivity index (χ4v) is 3.51. The zero-order chi connectivity index (χ0) is 21.8. The molecule has 1 N–H and O–H groups in total. The average molecular weight is 424 g/mol. The van der Waals surface area contributed by atoms with E-state index in [9.17, 15) is 0 Å². The topological polar surface area (TPSA) is 30.5 Å². The number of anilines is 1. The third kappa shape index (κ3) is 6.64. The SMILES string of the molecule is c1ccc(CCOc2ccc(NCc3ccccc3OCCc3ccccc3)cc2)cc1. The van der Waals surface area contributed by atoms with E-state index < -0.39 is 0 Å². The molecule has 0 saturated heterocycles. The molecule has 0 amide bonds. The Morgan fingerprint density at radius 3 is 1.75 bits per heavy atom. The summed E-state index contributed by atoms with van der Waals surface area (Å²) in [4.78, 5) is 0. The second-order valence-electron chi connectivity index (χ2n) is 7.65. The lowest BCUT2D eigenvalue weighted by molar-refractivity contribution is 0.319. The Bertz CT molecular complexity index is 1060. The Morgan fingerprint density at radius 1 is 0.531 bits per heavy atom. The van der Waals surface area contributed by atoms with Gasteiger partial charge in [0.05, 0.1) is 13.2 Å². The Labute approximate surface area is 190 Å². The van der Waals surface area contributed by atoms with E-state index >= 15 is 0 Å². The summed E-state index contributed by atoms with van der Waals surface area (Å²) in [6.45, 7) is 2.04. The molecule has 32 heavy (non-hydrogen) atoms. The van der Waals surface area contributed by atoms with Crippen LogP contribution in [0.4, 0.5) is 5.69 Å². The highest BCUT2D eigenvalue weighted by molar-refractivity contribution is 5.48. The largest absolute Gasteiger partial charge is 0.493 e. The number of hydrogen-bond donors (Lipinski definition) is 1. The van der Waals surface area contributed by atoms with E-state index in [0.29, 0.717) is 19.8 Å². The van der Waals surface area contributed by atoms with Gasteiger partial charge in [-0.05, 0) is 41.5 Å². The Kier molecular flexibility index (Phi) is 7.81. The van der Waals surface area contributed by atoms with Crippen LogP contribution in [0.5, 0.6) is 11.5 Å². The summed E-state index contributed by atoms with van der Waals surface area (Å²) in [6.07, 6.45) is 1.80. The molecule has 3 heteroatoms. The number of para-hydroxylation sites is 1. The maximum atomic E-state index is 6.07. The quantitative estimate of drug-likeness (QED) is 0.297. The standard InChI is InChI=1S/C29H29NO2/c1-3-9-24(10-4-1)19-21-31-28-17-15-27(16-18-28)30-23-26-13-7-8-14-29(26)32-22-20-25-11-5-2-6-12-25/h1-18,30H,19-23H2. The van der Waals surface area contributed by atoms with Crippen molar-refractivity contribution in [2.24, 2.45) is 0 Å². The Morgan fingerprint density at radius 2 is 1.09 bits per heavy atom. The lowest BCUT2D eigenvalue weighted by Crippen LogP contribution is -2.06. The molecule has 0 aliphatic heterocycles. The van der Waals surface area contributed by atoms with Gasteiger partial charge in [-0.3, -0.25) is 0 Å². The maximum absolute atomic E-state index is 6.07. The van der Waals surface area contributed by atoms with Gasteiger partial charge >= 0.3 is 0 Å². The van der Waals surface area contributed by atoms with E-state index in [-0.39, 0.29) is 0 Å². The van der Waals surface area contributed by atoms with Crippen molar-refractivity contribution in [2.75, 3.05) is 18.5 Å². The molecule has 0 spiro atoms. The molecule has 0 unspecified atom stereocenters. The first kappa shape index (κ1) is 21.5. The van der Waals surface area contributed by atoms with Crippen molar-refractivity contribution in [3.05, 3.63) is 126 Å². The van der Waals surface area contributed by atoms with Crippen molar-refractivity contribution in [1.82, 2.24) is 0 Å². The zero-order valence-corrected chi connectivity index (χ0v) is 18.2. The van der Waals surface area contributed by atoms with Crippen LogP contribution < -0.4 is 14.8 Å². The Balaban J connectivity index is 1.24. The summed E-state index contributed by atoms with van der Waals surface area (Å²) in [5, 5.41) is 3.48. The van der Waals surface area contributed by atoms with Crippen LogP contribution in [0.25, 0.3) is 0 Å². The maximum Gasteiger partial charge on any atom is 0.124 e. The normalized spacial score (nSPS) is 10.5. The van der Waals surface area contributed by atoms with Crippen molar-refractivity contribution in [3.63, 3.8) is 0 Å². The molecule has 4 rings (SSSR count). The minimum atomic E-state index is 0.663. The third-order valence-electron chi connectivity index (χ3n) is 5.30. The molecular formula is C29H29NO2. The van der Waals surface area contributed by atoms with E-state index in [1.165, 1.54) is 11.1 Å². The molecule has 3 nitrogen and oxygen atoms in total. The molecule has 162 valence electrons. The number of benzene rings is 4. The van der Waals surface area contributed by atoms with Crippen molar-refractivity contribution in [2.45, 2.75) is 19.4 Å². The molecule has 0 aliphatic carbocycles. The van der Waals surface area contributed by atoms with Crippen LogP contribution in [0.15, 0.2) is 109 Å². The number of ether oxygens (including phenoxy) is 2. The molecule has 0 bridgehead atoms. The lowest BCUT2D eigenvalue weighted by Gasteiger charge is -2.13. The van der Waals surface area contributed by atoms with Gasteiger partial charge in [-0.25, -0.2) is 0 Å². The monoisotopic (exact) mass is 423 g/mol. The van der Waals surface area contributed by atoms with Crippen LogP contribution in [0.2, 0.25) is 0 Å². The highest BCUT2D eigenvalue weighted by Gasteiger charge is 2.04. The fraction of sp³-hybridized carbons (Fsp3) is 0.172. The summed E-state index contributed by atoms with van der Waals surface area (Å²) in [5.41, 5.74) is 4.77. The lowest BCUT2D eigenvalue weighted by atomic mass is 10.1. The molecule has 0 heterocycles. The van der Waals surface area contributed by atoms with E-state index in [0.717, 1.165) is 35.6 Å². The van der Waals surface area contributed by atoms with Gasteiger partial charge in [0, 0.05) is 30.6 Å². The van der Waals surface area contributed by atoms with E-state index in [4.69, 9.17) is 9.47 Å². The third-order valence-corrected chi connectivity index (χ3v) is 5.30. The van der Waals surface area contributed by atoms with Gasteiger partial charge in [0.15, 0.2) is 0 Å². The predicted octanol–water partition coefficient (Wildman–Crippen LogP) is 6.54. The van der Waals surface area contributed by atoms with Crippen LogP contribution in [0.3, 0.4) is 0 Å². The highest BCUT2D eigenvalue weighted by Crippen LogP contribution is 2.21. The number of rotatable bonds is 11. The predicted molar refractivity (Wildman–Crippen MR) is 131 cm³/mol. The van der Waals surface area contributed by atoms with Gasteiger partial charge in [0.2, 0.25) is 0 Å². The summed E-state index contributed by atoms with van der Waals surface area (Å²) >= 11 is 0. The van der Waals surface area contributed by atoms with Crippen LogP contribution in [-0.2, 0) is 19.4 Å². The van der Waals surface area contributed by atoms with E-state index in [2.05, 4.69) is 72.0 Å². The van der Waals surface area contributed by atoms with Gasteiger partial charge in [-0.15, -0.1) is 0 Å². The van der Waals surface area contributed by atoms with Crippen LogP contribution in [-0.4, -0.2) is 13.2 Å². The van der Waals surface area contributed by atoms with Gasteiger partial charge in [0.1, 0.15) is 11.5 Å². The van der Waals surface area contributed by atoms with Crippen LogP contribution in [0.1, 0.15) is 16.7 Å². The average Bonchev–Trinajstić information content (AvgIpc) is 2.86. The van der Waals surface area contributed by atoms with Crippen LogP contribution >= 0.6 is 0 Å². The zero-order valence-electron chi connectivity index (χ0n) is 18.2. The first-order valence-electron chi connectivity index (χ1n) is 11.1. The summed E-state index contributed by atoms with van der Waals surface area (Å²) in [6, 6.07) is 37.1. The summed E-state index contributed by atoms with van der Waals surface area (Å²) in [7, 11) is 0. The smallest absolute Gasteiger partial charge is 0.124 e. The van der Waals surface area contributed by atoms with Crippen molar-refractivity contribution < 1.29 is 9.47 Å². The van der Waals surface area contributed by atoms with Gasteiger partial charge in [-0.2, -0.15) is 0 Å². The molecule has 0 aromatic heterocycles. The molecule has 0 saturated carbocycles. The summed E-state index contributed by atoms with van der Waals surface area (Å²) in [5.74, 6) is 1.81. The first-order valence-corrected chi connectivity index (χ1v) is 11.1. The Hall–Kier alpha value is -3.72. The minimum absolute atomic E-state index is 0.663. The van der Waals surface area contributed by atoms with E-state index in [1.807, 2.05) is 42.5 Å². The van der Waals surface area contributed by atoms with E-state index in [1.54, 1.807) is 0 Å². The first-order chi connectivity index (χ1) is 15.9. The molecule has 4 aromatic carbocycles. The van der Waals surface area contributed by atoms with Crippen molar-refractivity contribution >= 4 is 5.69 Å². The van der Waals surface area contributed by atoms with Crippen molar-refractivity contribution in [3.8, 4) is 11.5 Å². The fourth-order valence-electron chi connectivity index (χ4n) is 3.51. The summed E-state index contributed by atoms with van der Waals surface area (Å²) < 4.78 is 11.9. The number of nitrogens with one attached hydrogen (secondary N) is 1. The molecule has 0 fully saturated rings. The molecule has 0 atom stereocenters. The molecule has 0 radical (unpaired) electrons. The highest BCUT2D eigenvalue weighted by atomic mass is 16.5. The van der Waals surface area contributed by atoms with Crippen LogP contribution in [0, 0.1) is 0 Å². The van der Waals surface area contributed by atoms with Gasteiger partial charge < -0.3 is 14.8 Å². The van der Waals surface area contributed by atoms with Gasteiger partial charge in [-0.1, -0.05) is 78.9 Å².